The Bertz CT molecular complexity index is 997. The second-order valence-electron chi connectivity index (χ2n) is 8.45. The van der Waals surface area contributed by atoms with E-state index >= 15 is 0 Å². The smallest absolute Gasteiger partial charge is 0.211 e. The Kier molecular flexibility index (Phi) is 5.44. The molecule has 0 unspecified atom stereocenters. The molecule has 1 fully saturated rings. The fraction of sp³-hybridized carbons (Fsp3) is 0.571. The maximum Gasteiger partial charge on any atom is 0.211 e. The molecule has 0 amide bonds. The number of aryl methyl sites for hydroxylation is 2. The largest absolute Gasteiger partial charge is 0.492 e. The van der Waals surface area contributed by atoms with E-state index in [0.717, 1.165) is 48.5 Å². The zero-order chi connectivity index (χ0) is 20.8. The Morgan fingerprint density at radius 2 is 2.03 bits per heavy atom. The number of fused-ring (bicyclic) bond motifs is 1. The second kappa shape index (κ2) is 7.74. The first-order chi connectivity index (χ1) is 13.7. The van der Waals surface area contributed by atoms with Crippen molar-refractivity contribution in [1.29, 1.82) is 0 Å². The molecule has 7 nitrogen and oxygen atoms in total. The lowest BCUT2D eigenvalue weighted by Crippen LogP contribution is -2.35. The van der Waals surface area contributed by atoms with Crippen LogP contribution in [0.2, 0.25) is 0 Å². The van der Waals surface area contributed by atoms with Crippen molar-refractivity contribution in [3.8, 4) is 5.75 Å². The van der Waals surface area contributed by atoms with Gasteiger partial charge in [-0.25, -0.2) is 8.42 Å². The van der Waals surface area contributed by atoms with E-state index < -0.39 is 10.0 Å². The molecule has 2 heterocycles. The molecule has 0 bridgehead atoms. The molecule has 1 atom stereocenters. The molecule has 0 radical (unpaired) electrons. The number of ether oxygens (including phenoxy) is 1. The van der Waals surface area contributed by atoms with Gasteiger partial charge in [0.15, 0.2) is 0 Å². The molecule has 8 heteroatoms. The maximum atomic E-state index is 12.2. The molecule has 2 aromatic rings. The fourth-order valence-electron chi connectivity index (χ4n) is 3.98. The van der Waals surface area contributed by atoms with Crippen molar-refractivity contribution in [1.82, 2.24) is 19.0 Å². The number of nitrogens with zero attached hydrogens (tertiary/aromatic N) is 4. The van der Waals surface area contributed by atoms with E-state index in [1.165, 1.54) is 11.9 Å². The SMILES string of the molecule is Cc1cc(CN2Cc3cc(CN(C4CC4)S(C)(=O)=O)ccc3OC[C@@H]2C)n(C)n1. The van der Waals surface area contributed by atoms with Crippen LogP contribution in [0, 0.1) is 6.92 Å². The van der Waals surface area contributed by atoms with E-state index in [0.29, 0.717) is 13.2 Å². The number of aromatic nitrogens is 2. The third-order valence-electron chi connectivity index (χ3n) is 5.78. The average molecular weight is 419 g/mol. The van der Waals surface area contributed by atoms with Crippen LogP contribution >= 0.6 is 0 Å². The Morgan fingerprint density at radius 1 is 1.28 bits per heavy atom. The summed E-state index contributed by atoms with van der Waals surface area (Å²) in [6.07, 6.45) is 3.21. The lowest BCUT2D eigenvalue weighted by atomic mass is 10.1. The predicted molar refractivity (Wildman–Crippen MR) is 112 cm³/mol. The van der Waals surface area contributed by atoms with Gasteiger partial charge in [0, 0.05) is 44.3 Å². The summed E-state index contributed by atoms with van der Waals surface area (Å²) >= 11 is 0. The van der Waals surface area contributed by atoms with Crippen LogP contribution in [0.15, 0.2) is 24.3 Å². The summed E-state index contributed by atoms with van der Waals surface area (Å²) in [6.45, 7) is 6.79. The minimum Gasteiger partial charge on any atom is -0.492 e. The molecule has 0 spiro atoms. The van der Waals surface area contributed by atoms with Crippen molar-refractivity contribution < 1.29 is 13.2 Å². The second-order valence-corrected chi connectivity index (χ2v) is 10.4. The van der Waals surface area contributed by atoms with Crippen LogP contribution in [0.3, 0.4) is 0 Å². The minimum absolute atomic E-state index is 0.157. The zero-order valence-electron chi connectivity index (χ0n) is 17.6. The Balaban J connectivity index is 1.56. The predicted octanol–water partition coefficient (Wildman–Crippen LogP) is 2.44. The average Bonchev–Trinajstić information content (AvgIpc) is 3.43. The van der Waals surface area contributed by atoms with Gasteiger partial charge in [-0.05, 0) is 50.5 Å². The summed E-state index contributed by atoms with van der Waals surface area (Å²) < 4.78 is 34.0. The summed E-state index contributed by atoms with van der Waals surface area (Å²) in [6, 6.07) is 8.63. The summed E-state index contributed by atoms with van der Waals surface area (Å²) in [4.78, 5) is 2.39. The number of benzene rings is 1. The van der Waals surface area contributed by atoms with Crippen molar-refractivity contribution in [3.05, 3.63) is 46.8 Å². The van der Waals surface area contributed by atoms with Crippen molar-refractivity contribution in [2.45, 2.75) is 58.4 Å². The van der Waals surface area contributed by atoms with Gasteiger partial charge in [0.25, 0.3) is 0 Å². The monoisotopic (exact) mass is 418 g/mol. The highest BCUT2D eigenvalue weighted by molar-refractivity contribution is 7.88. The highest BCUT2D eigenvalue weighted by atomic mass is 32.2. The summed E-state index contributed by atoms with van der Waals surface area (Å²) in [5, 5.41) is 4.46. The summed E-state index contributed by atoms with van der Waals surface area (Å²) in [5.41, 5.74) is 4.31. The molecule has 0 N–H and O–H groups in total. The van der Waals surface area contributed by atoms with Gasteiger partial charge < -0.3 is 4.74 Å². The first-order valence-corrected chi connectivity index (χ1v) is 12.0. The van der Waals surface area contributed by atoms with Crippen LogP contribution < -0.4 is 4.74 Å². The fourth-order valence-corrected chi connectivity index (χ4v) is 5.11. The highest BCUT2D eigenvalue weighted by Gasteiger charge is 2.35. The number of rotatable bonds is 6. The number of hydrogen-bond donors (Lipinski definition) is 0. The Hall–Kier alpha value is -1.90. The van der Waals surface area contributed by atoms with Crippen molar-refractivity contribution >= 4 is 10.0 Å². The van der Waals surface area contributed by atoms with E-state index in [1.807, 2.05) is 30.8 Å². The van der Waals surface area contributed by atoms with Crippen molar-refractivity contribution in [3.63, 3.8) is 0 Å². The summed E-state index contributed by atoms with van der Waals surface area (Å²) in [7, 11) is -1.23. The van der Waals surface area contributed by atoms with Gasteiger partial charge in [-0.2, -0.15) is 9.40 Å². The van der Waals surface area contributed by atoms with Gasteiger partial charge in [-0.3, -0.25) is 9.58 Å². The number of hydrogen-bond acceptors (Lipinski definition) is 5. The van der Waals surface area contributed by atoms with Gasteiger partial charge in [0.1, 0.15) is 12.4 Å². The third-order valence-corrected chi connectivity index (χ3v) is 7.06. The van der Waals surface area contributed by atoms with Crippen LogP contribution in [-0.2, 0) is 36.7 Å². The third kappa shape index (κ3) is 4.65. The lowest BCUT2D eigenvalue weighted by molar-refractivity contribution is 0.148. The minimum atomic E-state index is -3.21. The van der Waals surface area contributed by atoms with Gasteiger partial charge >= 0.3 is 0 Å². The van der Waals surface area contributed by atoms with Gasteiger partial charge in [0.05, 0.1) is 17.6 Å². The van der Waals surface area contributed by atoms with Crippen LogP contribution in [0.4, 0.5) is 0 Å². The molecule has 1 aliphatic heterocycles. The maximum absolute atomic E-state index is 12.2. The molecule has 4 rings (SSSR count). The quantitative estimate of drug-likeness (QED) is 0.721. The molecule has 1 aromatic heterocycles. The van der Waals surface area contributed by atoms with Crippen LogP contribution in [0.1, 0.15) is 42.3 Å². The molecule has 0 saturated heterocycles. The first-order valence-electron chi connectivity index (χ1n) is 10.2. The van der Waals surface area contributed by atoms with E-state index in [-0.39, 0.29) is 12.1 Å². The lowest BCUT2D eigenvalue weighted by Gasteiger charge is -2.26. The van der Waals surface area contributed by atoms with Crippen molar-refractivity contribution in [2.75, 3.05) is 12.9 Å². The Morgan fingerprint density at radius 3 is 2.66 bits per heavy atom. The molecule has 1 aliphatic carbocycles. The van der Waals surface area contributed by atoms with E-state index in [4.69, 9.17) is 4.74 Å². The molecular formula is C21H30N4O3S. The molecule has 29 heavy (non-hydrogen) atoms. The van der Waals surface area contributed by atoms with E-state index in [1.54, 1.807) is 4.31 Å². The highest BCUT2D eigenvalue weighted by Crippen LogP contribution is 2.32. The van der Waals surface area contributed by atoms with E-state index in [2.05, 4.69) is 29.1 Å². The Labute approximate surface area is 173 Å². The standard InChI is InChI=1S/C21H30N4O3S/c1-15-9-20(23(3)22-15)13-24-12-18-10-17(5-8-21(18)28-14-16(24)2)11-25(19-6-7-19)29(4,26)27/h5,8-10,16,19H,6-7,11-14H2,1-4H3/t16-/m0/s1. The topological polar surface area (TPSA) is 67.7 Å². The number of sulfonamides is 1. The van der Waals surface area contributed by atoms with Gasteiger partial charge in [-0.15, -0.1) is 0 Å². The van der Waals surface area contributed by atoms with Crippen LogP contribution in [0.25, 0.3) is 0 Å². The van der Waals surface area contributed by atoms with Crippen LogP contribution in [0.5, 0.6) is 5.75 Å². The zero-order valence-corrected chi connectivity index (χ0v) is 18.4. The first kappa shape index (κ1) is 20.4. The summed E-state index contributed by atoms with van der Waals surface area (Å²) in [5.74, 6) is 0.890. The molecule has 2 aliphatic rings. The van der Waals surface area contributed by atoms with Gasteiger partial charge in [0.2, 0.25) is 10.0 Å². The van der Waals surface area contributed by atoms with E-state index in [9.17, 15) is 8.42 Å². The van der Waals surface area contributed by atoms with Crippen molar-refractivity contribution in [2.24, 2.45) is 7.05 Å². The molecular weight excluding hydrogens is 388 g/mol. The molecule has 1 saturated carbocycles. The normalized spacial score (nSPS) is 20.4. The molecule has 1 aromatic carbocycles. The van der Waals surface area contributed by atoms with Gasteiger partial charge in [-0.1, -0.05) is 6.07 Å². The molecule has 158 valence electrons. The van der Waals surface area contributed by atoms with Crippen LogP contribution in [-0.4, -0.2) is 52.3 Å².